The van der Waals surface area contributed by atoms with Crippen molar-refractivity contribution in [3.63, 3.8) is 0 Å². The van der Waals surface area contributed by atoms with Crippen LogP contribution in [0.4, 0.5) is 5.69 Å². The number of methoxy groups -OCH3 is 1. The van der Waals surface area contributed by atoms with Gasteiger partial charge in [-0.25, -0.2) is 0 Å². The fraction of sp³-hybridized carbons (Fsp3) is 0.391. The second kappa shape index (κ2) is 9.51. The Bertz CT molecular complexity index is 811. The summed E-state index contributed by atoms with van der Waals surface area (Å²) in [6.45, 7) is 4.29. The maximum absolute atomic E-state index is 12.6. The molecule has 5 heteroatoms. The monoisotopic (exact) mass is 380 g/mol. The Hall–Kier alpha value is -2.66. The van der Waals surface area contributed by atoms with Gasteiger partial charge in [0.1, 0.15) is 6.61 Å². The van der Waals surface area contributed by atoms with E-state index in [0.29, 0.717) is 13.0 Å². The summed E-state index contributed by atoms with van der Waals surface area (Å²) >= 11 is 0. The Morgan fingerprint density at radius 3 is 2.39 bits per heavy atom. The molecule has 0 N–H and O–H groups in total. The van der Waals surface area contributed by atoms with E-state index in [-0.39, 0.29) is 18.4 Å². The van der Waals surface area contributed by atoms with Crippen molar-refractivity contribution in [3.8, 4) is 0 Å². The molecule has 1 aliphatic rings. The molecule has 2 aromatic rings. The van der Waals surface area contributed by atoms with E-state index in [1.165, 1.54) is 7.11 Å². The maximum Gasteiger partial charge on any atom is 0.253 e. The first-order valence-corrected chi connectivity index (χ1v) is 9.78. The minimum Gasteiger partial charge on any atom is -0.375 e. The van der Waals surface area contributed by atoms with Gasteiger partial charge in [0.15, 0.2) is 0 Å². The van der Waals surface area contributed by atoms with Crippen molar-refractivity contribution in [2.24, 2.45) is 0 Å². The lowest BCUT2D eigenvalue weighted by Crippen LogP contribution is -2.33. The summed E-state index contributed by atoms with van der Waals surface area (Å²) in [5.74, 6) is 0.0854. The second-order valence-corrected chi connectivity index (χ2v) is 7.33. The highest BCUT2D eigenvalue weighted by Crippen LogP contribution is 2.20. The number of nitrogens with zero attached hydrogens (tertiary/aromatic N) is 2. The van der Waals surface area contributed by atoms with Crippen molar-refractivity contribution >= 4 is 17.5 Å². The summed E-state index contributed by atoms with van der Waals surface area (Å²) in [7, 11) is 1.52. The van der Waals surface area contributed by atoms with Gasteiger partial charge in [-0.05, 0) is 43.0 Å². The number of likely N-dealkylation sites (tertiary alicyclic amines) is 1. The lowest BCUT2D eigenvalue weighted by Gasteiger charge is -2.23. The third kappa shape index (κ3) is 5.20. The van der Waals surface area contributed by atoms with Crippen molar-refractivity contribution in [1.29, 1.82) is 0 Å². The third-order valence-electron chi connectivity index (χ3n) is 5.05. The van der Waals surface area contributed by atoms with Gasteiger partial charge in [-0.3, -0.25) is 9.59 Å². The highest BCUT2D eigenvalue weighted by Gasteiger charge is 2.19. The van der Waals surface area contributed by atoms with Gasteiger partial charge in [0.05, 0.1) is 13.0 Å². The number of rotatable bonds is 7. The smallest absolute Gasteiger partial charge is 0.253 e. The Balaban J connectivity index is 1.73. The molecule has 0 spiro atoms. The van der Waals surface area contributed by atoms with Gasteiger partial charge in [-0.15, -0.1) is 0 Å². The van der Waals surface area contributed by atoms with E-state index < -0.39 is 0 Å². The average molecular weight is 380 g/mol. The van der Waals surface area contributed by atoms with Crippen LogP contribution in [0.5, 0.6) is 0 Å². The molecular formula is C23H28N2O3. The van der Waals surface area contributed by atoms with Gasteiger partial charge >= 0.3 is 0 Å². The van der Waals surface area contributed by atoms with Gasteiger partial charge in [0, 0.05) is 25.9 Å². The van der Waals surface area contributed by atoms with Gasteiger partial charge in [0.25, 0.3) is 5.91 Å². The van der Waals surface area contributed by atoms with E-state index in [4.69, 9.17) is 4.74 Å². The summed E-state index contributed by atoms with van der Waals surface area (Å²) in [5, 5.41) is 0. The Labute approximate surface area is 166 Å². The number of aryl methyl sites for hydroxylation is 1. The van der Waals surface area contributed by atoms with E-state index in [1.807, 2.05) is 54.3 Å². The number of anilines is 1. The predicted octanol–water partition coefficient (Wildman–Crippen LogP) is 3.34. The quantitative estimate of drug-likeness (QED) is 0.740. The molecule has 1 fully saturated rings. The van der Waals surface area contributed by atoms with Gasteiger partial charge in [0.2, 0.25) is 5.91 Å². The molecule has 2 amide bonds. The number of carbonyl (C=O) groups is 2. The lowest BCUT2D eigenvalue weighted by atomic mass is 10.1. The molecule has 3 rings (SSSR count). The largest absolute Gasteiger partial charge is 0.375 e. The predicted molar refractivity (Wildman–Crippen MR) is 110 cm³/mol. The second-order valence-electron chi connectivity index (χ2n) is 7.33. The molecule has 1 saturated heterocycles. The lowest BCUT2D eigenvalue weighted by molar-refractivity contribution is -0.129. The first-order valence-electron chi connectivity index (χ1n) is 9.78. The maximum atomic E-state index is 12.6. The Morgan fingerprint density at radius 1 is 1.04 bits per heavy atom. The number of carbonyl (C=O) groups excluding carboxylic acids is 2. The van der Waals surface area contributed by atoms with Gasteiger partial charge in [-0.1, -0.05) is 42.0 Å². The first kappa shape index (κ1) is 20.1. The topological polar surface area (TPSA) is 49.9 Å². The number of hydrogen-bond acceptors (Lipinski definition) is 3. The molecule has 0 unspecified atom stereocenters. The summed E-state index contributed by atoms with van der Waals surface area (Å²) in [6.07, 6.45) is 2.60. The van der Waals surface area contributed by atoms with Crippen LogP contribution in [-0.2, 0) is 27.3 Å². The molecule has 148 valence electrons. The van der Waals surface area contributed by atoms with Crippen molar-refractivity contribution < 1.29 is 14.3 Å². The number of benzene rings is 2. The molecule has 0 radical (unpaired) electrons. The van der Waals surface area contributed by atoms with Crippen molar-refractivity contribution in [3.05, 3.63) is 65.2 Å². The summed E-state index contributed by atoms with van der Waals surface area (Å²) in [5.41, 5.74) is 4.00. The minimum atomic E-state index is -0.0927. The molecule has 0 saturated carbocycles. The molecule has 0 aromatic heterocycles. The summed E-state index contributed by atoms with van der Waals surface area (Å²) in [6, 6.07) is 15.8. The van der Waals surface area contributed by atoms with Crippen LogP contribution in [0, 0.1) is 6.92 Å². The molecule has 2 aromatic carbocycles. The number of hydrogen-bond donors (Lipinski definition) is 0. The molecule has 0 bridgehead atoms. The van der Waals surface area contributed by atoms with Crippen LogP contribution >= 0.6 is 0 Å². The van der Waals surface area contributed by atoms with Gasteiger partial charge < -0.3 is 14.5 Å². The normalized spacial score (nSPS) is 13.6. The van der Waals surface area contributed by atoms with Crippen molar-refractivity contribution in [2.75, 3.05) is 31.7 Å². The van der Waals surface area contributed by atoms with Crippen LogP contribution in [0.3, 0.4) is 0 Å². The van der Waals surface area contributed by atoms with E-state index >= 15 is 0 Å². The molecule has 0 atom stereocenters. The Morgan fingerprint density at radius 2 is 1.75 bits per heavy atom. The fourth-order valence-corrected chi connectivity index (χ4v) is 3.56. The molecule has 0 aliphatic carbocycles. The van der Waals surface area contributed by atoms with E-state index in [0.717, 1.165) is 48.3 Å². The standard InChI is InChI=1S/C23H28N2O3/c1-18-6-5-7-20(14-18)16-25(23(27)17-28-2)21-10-8-19(9-11-21)15-22(26)24-12-3-4-13-24/h5-11,14H,3-4,12-13,15-17H2,1-2H3. The van der Waals surface area contributed by atoms with Crippen molar-refractivity contribution in [1.82, 2.24) is 4.90 Å². The van der Waals surface area contributed by atoms with Gasteiger partial charge in [-0.2, -0.15) is 0 Å². The Kier molecular flexibility index (Phi) is 6.82. The van der Waals surface area contributed by atoms with Crippen molar-refractivity contribution in [2.45, 2.75) is 32.7 Å². The summed E-state index contributed by atoms with van der Waals surface area (Å²) in [4.78, 5) is 28.6. The highest BCUT2D eigenvalue weighted by molar-refractivity contribution is 5.94. The molecule has 1 aliphatic heterocycles. The summed E-state index contributed by atoms with van der Waals surface area (Å²) < 4.78 is 5.06. The molecule has 5 nitrogen and oxygen atoms in total. The average Bonchev–Trinajstić information content (AvgIpc) is 3.22. The van der Waals surface area contributed by atoms with Crippen LogP contribution in [0.25, 0.3) is 0 Å². The molecule has 1 heterocycles. The van der Waals surface area contributed by atoms with Crippen LogP contribution in [0.1, 0.15) is 29.5 Å². The SMILES string of the molecule is COCC(=O)N(Cc1cccc(C)c1)c1ccc(CC(=O)N2CCCC2)cc1. The minimum absolute atomic E-state index is 0.0288. The zero-order chi connectivity index (χ0) is 19.9. The van der Waals surface area contributed by atoms with Crippen LogP contribution < -0.4 is 4.90 Å². The fourth-order valence-electron chi connectivity index (χ4n) is 3.56. The van der Waals surface area contributed by atoms with E-state index in [9.17, 15) is 9.59 Å². The number of amides is 2. The highest BCUT2D eigenvalue weighted by atomic mass is 16.5. The molecular weight excluding hydrogens is 352 g/mol. The zero-order valence-corrected chi connectivity index (χ0v) is 16.7. The van der Waals surface area contributed by atoms with Crippen LogP contribution in [0.15, 0.2) is 48.5 Å². The zero-order valence-electron chi connectivity index (χ0n) is 16.7. The van der Waals surface area contributed by atoms with Crippen LogP contribution in [0.2, 0.25) is 0 Å². The third-order valence-corrected chi connectivity index (χ3v) is 5.05. The van der Waals surface area contributed by atoms with E-state index in [2.05, 4.69) is 6.07 Å². The van der Waals surface area contributed by atoms with E-state index in [1.54, 1.807) is 4.90 Å². The first-order chi connectivity index (χ1) is 13.6. The number of ether oxygens (including phenoxy) is 1. The van der Waals surface area contributed by atoms with Crippen LogP contribution in [-0.4, -0.2) is 43.5 Å². The molecule has 28 heavy (non-hydrogen) atoms.